The van der Waals surface area contributed by atoms with Gasteiger partial charge in [0, 0.05) is 44.6 Å². The van der Waals surface area contributed by atoms with Gasteiger partial charge in [0.05, 0.1) is 31.6 Å². The Labute approximate surface area is 197 Å². The van der Waals surface area contributed by atoms with E-state index in [9.17, 15) is 13.2 Å². The molecule has 2 fully saturated rings. The van der Waals surface area contributed by atoms with Crippen molar-refractivity contribution < 1.29 is 22.8 Å². The van der Waals surface area contributed by atoms with E-state index in [2.05, 4.69) is 15.2 Å². The van der Waals surface area contributed by atoms with Gasteiger partial charge >= 0.3 is 0 Å². The van der Waals surface area contributed by atoms with Crippen LogP contribution in [0.5, 0.6) is 0 Å². The Kier molecular flexibility index (Phi) is 10.7. The first-order valence-corrected chi connectivity index (χ1v) is 13.5. The van der Waals surface area contributed by atoms with Gasteiger partial charge in [-0.2, -0.15) is 0 Å². The lowest BCUT2D eigenvalue weighted by atomic mass is 9.94. The van der Waals surface area contributed by atoms with Gasteiger partial charge in [-0.25, -0.2) is 8.42 Å². The number of morpholine rings is 1. The van der Waals surface area contributed by atoms with Crippen molar-refractivity contribution in [3.63, 3.8) is 0 Å². The lowest BCUT2D eigenvalue weighted by Gasteiger charge is -2.36. The Morgan fingerprint density at radius 1 is 1.27 bits per heavy atom. The molecule has 0 bridgehead atoms. The fraction of sp³-hybridized carbons (Fsp3) is 0.652. The smallest absolute Gasteiger partial charge is 0.243 e. The van der Waals surface area contributed by atoms with Crippen LogP contribution in [0.15, 0.2) is 30.6 Å². The lowest BCUT2D eigenvalue weighted by molar-refractivity contribution is -0.135. The maximum absolute atomic E-state index is 12.9. The minimum atomic E-state index is -3.46. The summed E-state index contributed by atoms with van der Waals surface area (Å²) in [5, 5.41) is 2.82. The molecule has 1 aliphatic heterocycles. The van der Waals surface area contributed by atoms with Crippen LogP contribution in [-0.2, 0) is 24.4 Å². The van der Waals surface area contributed by atoms with Gasteiger partial charge in [-0.1, -0.05) is 23.4 Å². The van der Waals surface area contributed by atoms with Crippen molar-refractivity contribution in [2.45, 2.75) is 44.6 Å². The van der Waals surface area contributed by atoms with Crippen LogP contribution in [0.4, 0.5) is 0 Å². The predicted molar refractivity (Wildman–Crippen MR) is 127 cm³/mol. The third-order valence-electron chi connectivity index (χ3n) is 5.87. The van der Waals surface area contributed by atoms with Gasteiger partial charge in [-0.05, 0) is 43.4 Å². The number of amides is 1. The first-order chi connectivity index (χ1) is 16.0. The topological polar surface area (TPSA) is 101 Å². The summed E-state index contributed by atoms with van der Waals surface area (Å²) in [5.74, 6) is -0.105. The first-order valence-electron chi connectivity index (χ1n) is 11.9. The van der Waals surface area contributed by atoms with Crippen molar-refractivity contribution in [3.05, 3.63) is 36.2 Å². The Balaban J connectivity index is 1.32. The normalized spacial score (nSPS) is 18.0. The van der Waals surface area contributed by atoms with E-state index in [4.69, 9.17) is 9.57 Å². The molecular weight excluding hydrogens is 444 g/mol. The number of hydrogen-bond donors (Lipinski definition) is 1. The molecule has 1 N–H and O–H groups in total. The third kappa shape index (κ3) is 9.13. The molecule has 1 saturated carbocycles. The highest BCUT2D eigenvalue weighted by Gasteiger charge is 2.34. The Hall–Kier alpha value is -1.85. The van der Waals surface area contributed by atoms with Crippen molar-refractivity contribution in [2.75, 3.05) is 51.8 Å². The van der Waals surface area contributed by atoms with Gasteiger partial charge in [0.15, 0.2) is 0 Å². The molecule has 10 heteroatoms. The Bertz CT molecular complexity index is 840. The van der Waals surface area contributed by atoms with Crippen LogP contribution in [0, 0.1) is 0 Å². The zero-order chi connectivity index (χ0) is 23.4. The second-order valence-electron chi connectivity index (χ2n) is 8.41. The van der Waals surface area contributed by atoms with Gasteiger partial charge in [0.2, 0.25) is 15.9 Å². The van der Waals surface area contributed by atoms with Crippen LogP contribution in [0.2, 0.25) is 0 Å². The first kappa shape index (κ1) is 25.8. The van der Waals surface area contributed by atoms with Gasteiger partial charge in [-0.15, -0.1) is 0 Å². The number of unbranched alkanes of at least 4 members (excludes halogenated alkanes) is 2. The SMILES string of the molecule is O=C(C=Cc1cccnc1)NCCCCCS(=O)(=O)N(OCCN1CCOCC1)C1CCC1. The van der Waals surface area contributed by atoms with Crippen molar-refractivity contribution in [3.8, 4) is 0 Å². The zero-order valence-corrected chi connectivity index (χ0v) is 20.0. The number of nitrogens with one attached hydrogen (secondary N) is 1. The highest BCUT2D eigenvalue weighted by molar-refractivity contribution is 7.88. The van der Waals surface area contributed by atoms with Crippen molar-refractivity contribution in [1.82, 2.24) is 19.7 Å². The molecule has 1 amide bonds. The summed E-state index contributed by atoms with van der Waals surface area (Å²) in [5.41, 5.74) is 0.862. The molecule has 0 atom stereocenters. The molecule has 1 aliphatic carbocycles. The van der Waals surface area contributed by atoms with Crippen LogP contribution >= 0.6 is 0 Å². The summed E-state index contributed by atoms with van der Waals surface area (Å²) in [7, 11) is -3.46. The highest BCUT2D eigenvalue weighted by atomic mass is 32.2. The maximum Gasteiger partial charge on any atom is 0.243 e. The Morgan fingerprint density at radius 3 is 2.79 bits per heavy atom. The molecule has 1 aromatic heterocycles. The largest absolute Gasteiger partial charge is 0.379 e. The van der Waals surface area contributed by atoms with Crippen molar-refractivity contribution in [1.29, 1.82) is 0 Å². The van der Waals surface area contributed by atoms with Crippen molar-refractivity contribution >= 4 is 22.0 Å². The van der Waals surface area contributed by atoms with E-state index in [1.807, 2.05) is 12.1 Å². The van der Waals surface area contributed by atoms with E-state index >= 15 is 0 Å². The van der Waals surface area contributed by atoms with Crippen LogP contribution in [0.25, 0.3) is 6.08 Å². The number of aromatic nitrogens is 1. The lowest BCUT2D eigenvalue weighted by Crippen LogP contribution is -2.46. The summed E-state index contributed by atoms with van der Waals surface area (Å²) >= 11 is 0. The van der Waals surface area contributed by atoms with E-state index < -0.39 is 10.0 Å². The summed E-state index contributed by atoms with van der Waals surface area (Å²) in [4.78, 5) is 23.9. The minimum absolute atomic E-state index is 0.0365. The number of pyridine rings is 1. The molecule has 0 unspecified atom stereocenters. The third-order valence-corrected chi connectivity index (χ3v) is 7.62. The van der Waals surface area contributed by atoms with E-state index in [0.29, 0.717) is 39.3 Å². The molecule has 33 heavy (non-hydrogen) atoms. The summed E-state index contributed by atoms with van der Waals surface area (Å²) in [6, 6.07) is 3.65. The molecule has 0 aromatic carbocycles. The predicted octanol–water partition coefficient (Wildman–Crippen LogP) is 1.83. The minimum Gasteiger partial charge on any atom is -0.379 e. The van der Waals surface area contributed by atoms with Crippen LogP contribution in [0.1, 0.15) is 44.1 Å². The summed E-state index contributed by atoms with van der Waals surface area (Å²) < 4.78 is 32.4. The molecule has 1 saturated heterocycles. The number of hydroxylamine groups is 1. The van der Waals surface area contributed by atoms with Gasteiger partial charge in [-0.3, -0.25) is 19.5 Å². The van der Waals surface area contributed by atoms with Gasteiger partial charge in [0.1, 0.15) is 0 Å². The number of rotatable bonds is 14. The molecule has 1 aromatic rings. The summed E-state index contributed by atoms with van der Waals surface area (Å²) in [6.45, 7) is 4.73. The molecule has 0 spiro atoms. The molecule has 184 valence electrons. The molecule has 9 nitrogen and oxygen atoms in total. The standard InChI is InChI=1S/C23H36N4O5S/c28-23(10-9-21-6-5-11-24-20-21)25-12-2-1-3-19-33(29,30)27(22-7-4-8-22)32-18-15-26-13-16-31-17-14-26/h5-6,9-11,20,22H,1-4,7-8,12-19H2,(H,25,28). The van der Waals surface area contributed by atoms with Gasteiger partial charge < -0.3 is 10.1 Å². The van der Waals surface area contributed by atoms with Crippen LogP contribution in [0.3, 0.4) is 0 Å². The number of hydrogen-bond acceptors (Lipinski definition) is 7. The summed E-state index contributed by atoms with van der Waals surface area (Å²) in [6.07, 6.45) is 11.3. The van der Waals surface area contributed by atoms with E-state index in [-0.39, 0.29) is 17.7 Å². The highest BCUT2D eigenvalue weighted by Crippen LogP contribution is 2.28. The molecule has 2 aliphatic rings. The maximum atomic E-state index is 12.9. The average molecular weight is 481 g/mol. The number of sulfonamides is 1. The van der Waals surface area contributed by atoms with E-state index in [1.54, 1.807) is 18.5 Å². The molecule has 2 heterocycles. The second kappa shape index (κ2) is 13.8. The quantitative estimate of drug-likeness (QED) is 0.246. The number of carbonyl (C=O) groups is 1. The van der Waals surface area contributed by atoms with E-state index in [0.717, 1.165) is 50.8 Å². The molecule has 0 radical (unpaired) electrons. The zero-order valence-electron chi connectivity index (χ0n) is 19.2. The molecular formula is C23H36N4O5S. The van der Waals surface area contributed by atoms with Gasteiger partial charge in [0.25, 0.3) is 0 Å². The monoisotopic (exact) mass is 480 g/mol. The van der Waals surface area contributed by atoms with E-state index in [1.165, 1.54) is 10.5 Å². The van der Waals surface area contributed by atoms with Crippen LogP contribution < -0.4 is 5.32 Å². The second-order valence-corrected chi connectivity index (χ2v) is 10.3. The average Bonchev–Trinajstić information content (AvgIpc) is 2.79. The van der Waals surface area contributed by atoms with Crippen LogP contribution in [-0.4, -0.2) is 86.5 Å². The van der Waals surface area contributed by atoms with Crippen molar-refractivity contribution in [2.24, 2.45) is 0 Å². The molecule has 3 rings (SSSR count). The fourth-order valence-electron chi connectivity index (χ4n) is 3.69. The Morgan fingerprint density at radius 2 is 2.09 bits per heavy atom. The number of carbonyl (C=O) groups excluding carboxylic acids is 1. The fourth-order valence-corrected chi connectivity index (χ4v) is 5.34. The number of nitrogens with zero attached hydrogens (tertiary/aromatic N) is 3. The number of ether oxygens (including phenoxy) is 1.